The van der Waals surface area contributed by atoms with E-state index in [1.54, 1.807) is 6.92 Å². The standard InChI is InChI=1S/C12H18N4O4/c1-6(17)9-8-4-7(15-3-2-14-5-13)10(12(19)20)16(8)11(9)18/h5-6,8-9,15,17H,2-4H2,1H3,(H2,13,14)(H,19,20). The number of β-lactam (4-membered cyclic amide) rings is 1. The molecule has 0 aliphatic carbocycles. The summed E-state index contributed by atoms with van der Waals surface area (Å²) in [5, 5.41) is 21.8. The van der Waals surface area contributed by atoms with Crippen molar-refractivity contribution in [3.8, 4) is 0 Å². The van der Waals surface area contributed by atoms with E-state index in [2.05, 4.69) is 10.3 Å². The van der Waals surface area contributed by atoms with Gasteiger partial charge in [0.05, 0.1) is 30.9 Å². The molecule has 3 unspecified atom stereocenters. The number of nitrogens with one attached hydrogen (secondary N) is 1. The summed E-state index contributed by atoms with van der Waals surface area (Å²) < 4.78 is 0. The number of hydrogen-bond acceptors (Lipinski definition) is 5. The van der Waals surface area contributed by atoms with Gasteiger partial charge < -0.3 is 21.3 Å². The number of aliphatic carboxylic acids is 1. The number of aliphatic imine (C=N–C) groups is 1. The topological polar surface area (TPSA) is 128 Å². The van der Waals surface area contributed by atoms with Gasteiger partial charge in [-0.1, -0.05) is 0 Å². The largest absolute Gasteiger partial charge is 0.477 e. The van der Waals surface area contributed by atoms with Gasteiger partial charge in [-0.05, 0) is 6.92 Å². The Labute approximate surface area is 116 Å². The zero-order chi connectivity index (χ0) is 14.9. The predicted octanol–water partition coefficient (Wildman–Crippen LogP) is -1.53. The van der Waals surface area contributed by atoms with Crippen LogP contribution in [0.2, 0.25) is 0 Å². The van der Waals surface area contributed by atoms with E-state index >= 15 is 0 Å². The normalized spacial score (nSPS) is 26.7. The fourth-order valence-corrected chi connectivity index (χ4v) is 2.77. The number of carbonyl (C=O) groups is 2. The van der Waals surface area contributed by atoms with Crippen molar-refractivity contribution in [3.63, 3.8) is 0 Å². The van der Waals surface area contributed by atoms with E-state index in [0.717, 1.165) is 0 Å². The van der Waals surface area contributed by atoms with Gasteiger partial charge in [0.2, 0.25) is 5.91 Å². The molecular weight excluding hydrogens is 264 g/mol. The number of carboxylic acid groups (broad SMARTS) is 1. The van der Waals surface area contributed by atoms with E-state index < -0.39 is 18.0 Å². The number of carbonyl (C=O) groups excluding carboxylic acids is 1. The molecule has 2 heterocycles. The summed E-state index contributed by atoms with van der Waals surface area (Å²) in [6.45, 7) is 2.40. The summed E-state index contributed by atoms with van der Waals surface area (Å²) in [5.74, 6) is -2.00. The summed E-state index contributed by atoms with van der Waals surface area (Å²) in [6.07, 6.45) is 0.818. The summed E-state index contributed by atoms with van der Waals surface area (Å²) in [4.78, 5) is 28.3. The highest BCUT2D eigenvalue weighted by atomic mass is 16.4. The zero-order valence-corrected chi connectivity index (χ0v) is 11.1. The molecule has 0 spiro atoms. The predicted molar refractivity (Wildman–Crippen MR) is 70.6 cm³/mol. The van der Waals surface area contributed by atoms with Gasteiger partial charge in [0.1, 0.15) is 5.70 Å². The van der Waals surface area contributed by atoms with Crippen molar-refractivity contribution >= 4 is 18.2 Å². The van der Waals surface area contributed by atoms with Gasteiger partial charge in [0, 0.05) is 18.7 Å². The van der Waals surface area contributed by atoms with Gasteiger partial charge in [-0.15, -0.1) is 0 Å². The second-order valence-corrected chi connectivity index (χ2v) is 4.86. The third-order valence-electron chi connectivity index (χ3n) is 3.62. The Bertz CT molecular complexity index is 486. The lowest BCUT2D eigenvalue weighted by Crippen LogP contribution is -2.61. The van der Waals surface area contributed by atoms with Crippen LogP contribution in [-0.2, 0) is 9.59 Å². The number of aliphatic hydroxyl groups excluding tert-OH is 1. The Morgan fingerprint density at radius 1 is 1.70 bits per heavy atom. The first-order chi connectivity index (χ1) is 9.49. The molecule has 2 aliphatic heterocycles. The van der Waals surface area contributed by atoms with Gasteiger partial charge >= 0.3 is 5.97 Å². The Balaban J connectivity index is 2.11. The van der Waals surface area contributed by atoms with Crippen LogP contribution in [0.5, 0.6) is 0 Å². The van der Waals surface area contributed by atoms with Gasteiger partial charge in [-0.25, -0.2) is 4.79 Å². The van der Waals surface area contributed by atoms with Crippen molar-refractivity contribution in [1.82, 2.24) is 10.2 Å². The molecule has 0 aromatic rings. The molecule has 5 N–H and O–H groups in total. The van der Waals surface area contributed by atoms with Crippen LogP contribution in [0, 0.1) is 5.92 Å². The first-order valence-corrected chi connectivity index (χ1v) is 6.40. The number of amides is 1. The minimum absolute atomic E-state index is 0.0198. The van der Waals surface area contributed by atoms with E-state index in [1.165, 1.54) is 11.2 Å². The summed E-state index contributed by atoms with van der Waals surface area (Å²) in [7, 11) is 0. The number of hydrogen-bond donors (Lipinski definition) is 4. The van der Waals surface area contributed by atoms with E-state index in [1.807, 2.05) is 0 Å². The van der Waals surface area contributed by atoms with E-state index in [9.17, 15) is 19.8 Å². The SMILES string of the molecule is CC(O)C1C(=O)N2C(C(=O)O)=C(NCCN=CN)CC12. The number of fused-ring (bicyclic) bond motifs is 1. The lowest BCUT2D eigenvalue weighted by molar-refractivity contribution is -0.161. The van der Waals surface area contributed by atoms with Crippen molar-refractivity contribution in [2.75, 3.05) is 13.1 Å². The Morgan fingerprint density at radius 2 is 2.40 bits per heavy atom. The highest BCUT2D eigenvalue weighted by Crippen LogP contribution is 2.42. The molecule has 0 saturated carbocycles. The van der Waals surface area contributed by atoms with Crippen LogP contribution in [0.25, 0.3) is 0 Å². The smallest absolute Gasteiger partial charge is 0.354 e. The van der Waals surface area contributed by atoms with Crippen LogP contribution in [0.1, 0.15) is 13.3 Å². The lowest BCUT2D eigenvalue weighted by atomic mass is 9.83. The number of nitrogens with zero attached hydrogens (tertiary/aromatic N) is 2. The molecule has 2 rings (SSSR count). The number of aliphatic hydroxyl groups is 1. The summed E-state index contributed by atoms with van der Waals surface area (Å²) in [6, 6.07) is -0.269. The third kappa shape index (κ3) is 2.22. The van der Waals surface area contributed by atoms with E-state index in [0.29, 0.717) is 25.2 Å². The molecule has 0 radical (unpaired) electrons. The van der Waals surface area contributed by atoms with Gasteiger partial charge in [-0.2, -0.15) is 0 Å². The highest BCUT2D eigenvalue weighted by Gasteiger charge is 2.56. The van der Waals surface area contributed by atoms with Gasteiger partial charge in [-0.3, -0.25) is 14.7 Å². The summed E-state index contributed by atoms with van der Waals surface area (Å²) >= 11 is 0. The maximum atomic E-state index is 11.9. The third-order valence-corrected chi connectivity index (χ3v) is 3.62. The molecule has 3 atom stereocenters. The monoisotopic (exact) mass is 282 g/mol. The zero-order valence-electron chi connectivity index (χ0n) is 11.1. The molecule has 8 nitrogen and oxygen atoms in total. The van der Waals surface area contributed by atoms with E-state index in [-0.39, 0.29) is 17.6 Å². The van der Waals surface area contributed by atoms with Crippen LogP contribution in [-0.4, -0.2) is 58.6 Å². The van der Waals surface area contributed by atoms with Crippen LogP contribution in [0.4, 0.5) is 0 Å². The minimum Gasteiger partial charge on any atom is -0.477 e. The fourth-order valence-electron chi connectivity index (χ4n) is 2.77. The summed E-state index contributed by atoms with van der Waals surface area (Å²) in [5.41, 5.74) is 5.60. The maximum absolute atomic E-state index is 11.9. The van der Waals surface area contributed by atoms with Crippen LogP contribution < -0.4 is 11.1 Å². The van der Waals surface area contributed by atoms with Crippen molar-refractivity contribution in [1.29, 1.82) is 0 Å². The second-order valence-electron chi connectivity index (χ2n) is 4.86. The molecule has 0 bridgehead atoms. The highest BCUT2D eigenvalue weighted by molar-refractivity contribution is 5.99. The molecule has 1 amide bonds. The molecule has 1 saturated heterocycles. The van der Waals surface area contributed by atoms with Crippen molar-refractivity contribution in [3.05, 3.63) is 11.4 Å². The average Bonchev–Trinajstić information content (AvgIpc) is 2.69. The van der Waals surface area contributed by atoms with Crippen LogP contribution in [0.15, 0.2) is 16.4 Å². The first kappa shape index (κ1) is 14.3. The first-order valence-electron chi connectivity index (χ1n) is 6.40. The lowest BCUT2D eigenvalue weighted by Gasteiger charge is -2.44. The van der Waals surface area contributed by atoms with Gasteiger partial charge in [0.15, 0.2) is 0 Å². The van der Waals surface area contributed by atoms with E-state index in [4.69, 9.17) is 5.73 Å². The fraction of sp³-hybridized carbons (Fsp3) is 0.583. The average molecular weight is 282 g/mol. The number of carboxylic acids is 1. The molecule has 8 heteroatoms. The van der Waals surface area contributed by atoms with Crippen LogP contribution >= 0.6 is 0 Å². The van der Waals surface area contributed by atoms with Gasteiger partial charge in [0.25, 0.3) is 0 Å². The molecular formula is C12H18N4O4. The molecule has 0 aromatic carbocycles. The number of nitrogens with two attached hydrogens (primary N) is 1. The molecule has 110 valence electrons. The maximum Gasteiger partial charge on any atom is 0.354 e. The Kier molecular flexibility index (Phi) is 3.93. The Hall–Kier alpha value is -2.09. The Morgan fingerprint density at radius 3 is 2.95 bits per heavy atom. The molecule has 20 heavy (non-hydrogen) atoms. The second kappa shape index (κ2) is 5.49. The van der Waals surface area contributed by atoms with Crippen molar-refractivity contribution in [2.45, 2.75) is 25.5 Å². The van der Waals surface area contributed by atoms with Crippen LogP contribution in [0.3, 0.4) is 0 Å². The molecule has 2 aliphatic rings. The van der Waals surface area contributed by atoms with Crippen molar-refractivity contribution in [2.24, 2.45) is 16.6 Å². The molecule has 1 fully saturated rings. The van der Waals surface area contributed by atoms with Crippen molar-refractivity contribution < 1.29 is 19.8 Å². The minimum atomic E-state index is -1.14. The molecule has 0 aromatic heterocycles. The quantitative estimate of drug-likeness (QED) is 0.202. The number of rotatable bonds is 6.